The first-order chi connectivity index (χ1) is 5.54. The van der Waals surface area contributed by atoms with Gasteiger partial charge in [0.15, 0.2) is 0 Å². The van der Waals surface area contributed by atoms with E-state index in [2.05, 4.69) is 16.6 Å². The summed E-state index contributed by atoms with van der Waals surface area (Å²) in [5.41, 5.74) is 9.70. The molecule has 0 bridgehead atoms. The molecule has 4 nitrogen and oxygen atoms in total. The topological polar surface area (TPSA) is 78.3 Å². The third kappa shape index (κ3) is 3.37. The molecule has 0 amide bonds. The number of rotatable bonds is 2. The number of ether oxygens (including phenoxy) is 1. The van der Waals surface area contributed by atoms with Crippen molar-refractivity contribution >= 4 is 5.97 Å². The van der Waals surface area contributed by atoms with Crippen molar-refractivity contribution < 1.29 is 9.53 Å². The molecule has 0 aromatic rings. The van der Waals surface area contributed by atoms with Crippen LogP contribution in [-0.4, -0.2) is 25.2 Å². The maximum atomic E-state index is 11.0. The van der Waals surface area contributed by atoms with Crippen LogP contribution in [0.5, 0.6) is 0 Å². The van der Waals surface area contributed by atoms with E-state index in [-0.39, 0.29) is 13.0 Å². The number of hydrogen-bond donors (Lipinski definition) is 2. The third-order valence-corrected chi connectivity index (χ3v) is 1.33. The SMILES string of the molecule is COC(=O)C(C)(N)CC#CCN. The van der Waals surface area contributed by atoms with Gasteiger partial charge in [-0.15, -0.1) is 0 Å². The minimum atomic E-state index is -1.03. The fourth-order valence-corrected chi connectivity index (χ4v) is 0.624. The van der Waals surface area contributed by atoms with Gasteiger partial charge in [0, 0.05) is 6.42 Å². The van der Waals surface area contributed by atoms with Gasteiger partial charge in [0.2, 0.25) is 0 Å². The normalized spacial score (nSPS) is 14.0. The molecule has 12 heavy (non-hydrogen) atoms. The highest BCUT2D eigenvalue weighted by atomic mass is 16.5. The molecule has 0 saturated carbocycles. The molecule has 0 spiro atoms. The number of methoxy groups -OCH3 is 1. The Kier molecular flexibility index (Phi) is 4.34. The molecule has 0 aliphatic rings. The number of carbonyl (C=O) groups excluding carboxylic acids is 1. The number of nitrogens with two attached hydrogens (primary N) is 2. The predicted octanol–water partition coefficient (Wildman–Crippen LogP) is -0.771. The lowest BCUT2D eigenvalue weighted by Gasteiger charge is -2.17. The average molecular weight is 170 g/mol. The van der Waals surface area contributed by atoms with Crippen molar-refractivity contribution in [2.75, 3.05) is 13.7 Å². The highest BCUT2D eigenvalue weighted by molar-refractivity contribution is 5.80. The summed E-state index contributed by atoms with van der Waals surface area (Å²) in [4.78, 5) is 11.0. The van der Waals surface area contributed by atoms with Crippen LogP contribution < -0.4 is 11.5 Å². The molecule has 0 aliphatic carbocycles. The van der Waals surface area contributed by atoms with Gasteiger partial charge in [0.25, 0.3) is 0 Å². The van der Waals surface area contributed by atoms with Crippen molar-refractivity contribution in [3.8, 4) is 11.8 Å². The summed E-state index contributed by atoms with van der Waals surface area (Å²) in [6.45, 7) is 1.85. The summed E-state index contributed by atoms with van der Waals surface area (Å²) in [6.07, 6.45) is 0.261. The quantitative estimate of drug-likeness (QED) is 0.421. The van der Waals surface area contributed by atoms with Crippen molar-refractivity contribution in [1.82, 2.24) is 0 Å². The Labute approximate surface area is 72.2 Å². The Morgan fingerprint density at radius 1 is 1.58 bits per heavy atom. The Hall–Kier alpha value is -1.05. The fraction of sp³-hybridized carbons (Fsp3) is 0.625. The molecule has 0 radical (unpaired) electrons. The molecule has 0 aromatic carbocycles. The van der Waals surface area contributed by atoms with E-state index in [9.17, 15) is 4.79 Å². The molecule has 0 aliphatic heterocycles. The van der Waals surface area contributed by atoms with Gasteiger partial charge in [-0.1, -0.05) is 11.8 Å². The van der Waals surface area contributed by atoms with Crippen LogP contribution in [0.15, 0.2) is 0 Å². The second-order valence-corrected chi connectivity index (χ2v) is 2.64. The lowest BCUT2D eigenvalue weighted by molar-refractivity contribution is -0.146. The Morgan fingerprint density at radius 2 is 2.17 bits per heavy atom. The zero-order valence-corrected chi connectivity index (χ0v) is 7.39. The maximum Gasteiger partial charge on any atom is 0.326 e. The van der Waals surface area contributed by atoms with Crippen LogP contribution in [0.25, 0.3) is 0 Å². The highest BCUT2D eigenvalue weighted by Gasteiger charge is 2.27. The van der Waals surface area contributed by atoms with Gasteiger partial charge in [-0.2, -0.15) is 0 Å². The summed E-state index contributed by atoms with van der Waals surface area (Å²) < 4.78 is 4.48. The first-order valence-corrected chi connectivity index (χ1v) is 3.57. The second-order valence-electron chi connectivity index (χ2n) is 2.64. The van der Waals surface area contributed by atoms with E-state index < -0.39 is 11.5 Å². The van der Waals surface area contributed by atoms with Crippen LogP contribution >= 0.6 is 0 Å². The van der Waals surface area contributed by atoms with Gasteiger partial charge in [-0.3, -0.25) is 4.79 Å². The van der Waals surface area contributed by atoms with Crippen molar-refractivity contribution in [3.05, 3.63) is 0 Å². The summed E-state index contributed by atoms with van der Waals surface area (Å²) in [6, 6.07) is 0. The standard InChI is InChI=1S/C8H14N2O2/c1-8(10,7(11)12-2)5-3-4-6-9/h5-6,9-10H2,1-2H3. The lowest BCUT2D eigenvalue weighted by Crippen LogP contribution is -2.45. The van der Waals surface area contributed by atoms with E-state index in [4.69, 9.17) is 11.5 Å². The lowest BCUT2D eigenvalue weighted by atomic mass is 10.0. The zero-order chi connectivity index (χ0) is 9.61. The van der Waals surface area contributed by atoms with Gasteiger partial charge < -0.3 is 16.2 Å². The highest BCUT2D eigenvalue weighted by Crippen LogP contribution is 2.05. The van der Waals surface area contributed by atoms with E-state index >= 15 is 0 Å². The smallest absolute Gasteiger partial charge is 0.326 e. The minimum Gasteiger partial charge on any atom is -0.468 e. The van der Waals surface area contributed by atoms with E-state index in [0.29, 0.717) is 0 Å². The van der Waals surface area contributed by atoms with Crippen LogP contribution in [-0.2, 0) is 9.53 Å². The van der Waals surface area contributed by atoms with Gasteiger partial charge in [0.05, 0.1) is 13.7 Å². The van der Waals surface area contributed by atoms with Crippen LogP contribution in [0.1, 0.15) is 13.3 Å². The Balaban J connectivity index is 4.12. The fourth-order valence-electron chi connectivity index (χ4n) is 0.624. The Morgan fingerprint density at radius 3 is 2.58 bits per heavy atom. The van der Waals surface area contributed by atoms with Gasteiger partial charge >= 0.3 is 5.97 Å². The summed E-state index contributed by atoms with van der Waals surface area (Å²) >= 11 is 0. The van der Waals surface area contributed by atoms with E-state index in [1.165, 1.54) is 7.11 Å². The molecule has 4 N–H and O–H groups in total. The largest absolute Gasteiger partial charge is 0.468 e. The predicted molar refractivity (Wildman–Crippen MR) is 46.1 cm³/mol. The second kappa shape index (κ2) is 4.75. The summed E-state index contributed by atoms with van der Waals surface area (Å²) in [7, 11) is 1.30. The molecule has 0 heterocycles. The number of carbonyl (C=O) groups is 1. The molecule has 1 unspecified atom stereocenters. The maximum absolute atomic E-state index is 11.0. The van der Waals surface area contributed by atoms with Crippen LogP contribution in [0, 0.1) is 11.8 Å². The molecule has 4 heteroatoms. The minimum absolute atomic E-state index is 0.261. The van der Waals surface area contributed by atoms with Crippen molar-refractivity contribution in [2.24, 2.45) is 11.5 Å². The molecular weight excluding hydrogens is 156 g/mol. The van der Waals surface area contributed by atoms with Crippen LogP contribution in [0.4, 0.5) is 0 Å². The zero-order valence-electron chi connectivity index (χ0n) is 7.39. The van der Waals surface area contributed by atoms with Crippen molar-refractivity contribution in [3.63, 3.8) is 0 Å². The number of hydrogen-bond acceptors (Lipinski definition) is 4. The van der Waals surface area contributed by atoms with Crippen molar-refractivity contribution in [2.45, 2.75) is 18.9 Å². The number of esters is 1. The van der Waals surface area contributed by atoms with Gasteiger partial charge in [-0.05, 0) is 6.92 Å². The monoisotopic (exact) mass is 170 g/mol. The molecule has 0 fully saturated rings. The van der Waals surface area contributed by atoms with Gasteiger partial charge in [-0.25, -0.2) is 0 Å². The molecule has 0 rings (SSSR count). The molecular formula is C8H14N2O2. The molecule has 68 valence electrons. The molecule has 0 aromatic heterocycles. The molecule has 0 saturated heterocycles. The van der Waals surface area contributed by atoms with E-state index in [1.807, 2.05) is 0 Å². The van der Waals surface area contributed by atoms with E-state index in [1.54, 1.807) is 6.92 Å². The average Bonchev–Trinajstić information content (AvgIpc) is 2.03. The Bertz CT molecular complexity index is 213. The van der Waals surface area contributed by atoms with E-state index in [0.717, 1.165) is 0 Å². The van der Waals surface area contributed by atoms with Crippen LogP contribution in [0.2, 0.25) is 0 Å². The molecule has 1 atom stereocenters. The summed E-state index contributed by atoms with van der Waals surface area (Å²) in [5, 5.41) is 0. The van der Waals surface area contributed by atoms with Gasteiger partial charge in [0.1, 0.15) is 5.54 Å². The van der Waals surface area contributed by atoms with Crippen molar-refractivity contribution in [1.29, 1.82) is 0 Å². The first-order valence-electron chi connectivity index (χ1n) is 3.57. The van der Waals surface area contributed by atoms with Crippen LogP contribution in [0.3, 0.4) is 0 Å². The summed E-state index contributed by atoms with van der Waals surface area (Å²) in [5.74, 6) is 4.85. The first kappa shape index (κ1) is 11.0. The third-order valence-electron chi connectivity index (χ3n) is 1.33.